The number of anilines is 2. The van der Waals surface area contributed by atoms with Crippen LogP contribution in [-0.4, -0.2) is 46.8 Å². The number of nitrogens with zero attached hydrogens (tertiary/aromatic N) is 1. The molecule has 1 fully saturated rings. The third-order valence-electron chi connectivity index (χ3n) is 7.70. The molecule has 0 spiro atoms. The summed E-state index contributed by atoms with van der Waals surface area (Å²) in [5.74, 6) is -3.72. The topological polar surface area (TPSA) is 139 Å². The minimum absolute atomic E-state index is 0.0314. The molecule has 5 rings (SSSR count). The predicted octanol–water partition coefficient (Wildman–Crippen LogP) is 6.54. The number of carbonyl (C=O) groups excluding carboxylic acids is 3. The average molecular weight is 707 g/mol. The molecule has 260 valence electrons. The van der Waals surface area contributed by atoms with Crippen LogP contribution < -0.4 is 20.7 Å². The maximum atomic E-state index is 15.0. The lowest BCUT2D eigenvalue weighted by molar-refractivity contribution is -0.145. The van der Waals surface area contributed by atoms with Gasteiger partial charge in [0.25, 0.3) is 0 Å². The fourth-order valence-corrected chi connectivity index (χ4v) is 6.21. The number of halogens is 5. The van der Waals surface area contributed by atoms with Crippen molar-refractivity contribution < 1.29 is 50.9 Å². The van der Waals surface area contributed by atoms with E-state index in [2.05, 4.69) is 20.9 Å². The van der Waals surface area contributed by atoms with Gasteiger partial charge in [-0.25, -0.2) is 13.8 Å². The number of rotatable bonds is 11. The van der Waals surface area contributed by atoms with Crippen LogP contribution in [0.1, 0.15) is 43.7 Å². The summed E-state index contributed by atoms with van der Waals surface area (Å²) in [6, 6.07) is 9.98. The zero-order valence-electron chi connectivity index (χ0n) is 25.9. The second kappa shape index (κ2) is 15.3. The summed E-state index contributed by atoms with van der Waals surface area (Å²) in [5.41, 5.74) is -0.897. The minimum Gasteiger partial charge on any atom is -0.462 e. The Hall–Kier alpha value is -4.67. The van der Waals surface area contributed by atoms with Crippen molar-refractivity contribution in [2.45, 2.75) is 57.5 Å². The van der Waals surface area contributed by atoms with Crippen LogP contribution in [0, 0.1) is 17.6 Å². The van der Waals surface area contributed by atoms with Gasteiger partial charge in [0.1, 0.15) is 24.4 Å². The van der Waals surface area contributed by atoms with Gasteiger partial charge in [-0.05, 0) is 49.4 Å². The number of aliphatic hydroxyl groups excluding tert-OH is 1. The molecule has 0 bridgehead atoms. The molecule has 4 N–H and O–H groups in total. The van der Waals surface area contributed by atoms with E-state index in [0.717, 1.165) is 41.7 Å². The van der Waals surface area contributed by atoms with Gasteiger partial charge < -0.3 is 25.2 Å². The van der Waals surface area contributed by atoms with E-state index in [4.69, 9.17) is 9.47 Å². The molecule has 1 atom stereocenters. The van der Waals surface area contributed by atoms with Crippen LogP contribution in [0.5, 0.6) is 11.5 Å². The Kier molecular flexibility index (Phi) is 11.1. The van der Waals surface area contributed by atoms with E-state index in [-0.39, 0.29) is 57.9 Å². The molecule has 1 saturated carbocycles. The molecule has 0 radical (unpaired) electrons. The quantitative estimate of drug-likeness (QED) is 0.0785. The highest BCUT2D eigenvalue weighted by molar-refractivity contribution is 7.22. The Morgan fingerprint density at radius 2 is 1.76 bits per heavy atom. The molecule has 49 heavy (non-hydrogen) atoms. The lowest BCUT2D eigenvalue weighted by atomic mass is 9.85. The highest BCUT2D eigenvalue weighted by Gasteiger charge is 2.31. The number of hydrogen-bond donors (Lipinski definition) is 4. The summed E-state index contributed by atoms with van der Waals surface area (Å²) < 4.78 is 79.5. The highest BCUT2D eigenvalue weighted by atomic mass is 32.1. The summed E-state index contributed by atoms with van der Waals surface area (Å²) in [5, 5.41) is 18.3. The zero-order chi connectivity index (χ0) is 35.3. The van der Waals surface area contributed by atoms with E-state index in [9.17, 15) is 37.1 Å². The van der Waals surface area contributed by atoms with Crippen molar-refractivity contribution in [2.24, 2.45) is 5.92 Å². The van der Waals surface area contributed by atoms with Gasteiger partial charge in [0.05, 0.1) is 27.9 Å². The van der Waals surface area contributed by atoms with Crippen molar-refractivity contribution in [2.75, 3.05) is 17.2 Å². The van der Waals surface area contributed by atoms with Crippen molar-refractivity contribution in [3.05, 3.63) is 77.4 Å². The molecule has 10 nitrogen and oxygen atoms in total. The third-order valence-corrected chi connectivity index (χ3v) is 8.64. The summed E-state index contributed by atoms with van der Waals surface area (Å²) in [4.78, 5) is 40.7. The Morgan fingerprint density at radius 1 is 1.00 bits per heavy atom. The van der Waals surface area contributed by atoms with Crippen molar-refractivity contribution in [3.63, 3.8) is 0 Å². The Bertz CT molecular complexity index is 1840. The van der Waals surface area contributed by atoms with Gasteiger partial charge in [-0.3, -0.25) is 19.7 Å². The van der Waals surface area contributed by atoms with Crippen molar-refractivity contribution in [1.29, 1.82) is 0 Å². The SMILES string of the molecule is CC(=O)OCC(O)NC1CCC(C(=O)Nc2nc3cc(F)c(Oc4ccc(F)c(NC(=O)Cc5cccc(C(F)(F)F)c5)c4)cc3s2)CC1. The van der Waals surface area contributed by atoms with Crippen LogP contribution in [0.2, 0.25) is 0 Å². The first-order chi connectivity index (χ1) is 23.2. The van der Waals surface area contributed by atoms with E-state index in [1.54, 1.807) is 0 Å². The minimum atomic E-state index is -4.59. The maximum absolute atomic E-state index is 15.0. The molecular formula is C33H31F5N4O6S. The molecule has 1 heterocycles. The molecule has 3 aromatic carbocycles. The molecule has 1 aliphatic rings. The third kappa shape index (κ3) is 9.70. The summed E-state index contributed by atoms with van der Waals surface area (Å²) in [6.07, 6.45) is -3.71. The summed E-state index contributed by atoms with van der Waals surface area (Å²) in [7, 11) is 0. The molecule has 16 heteroatoms. The summed E-state index contributed by atoms with van der Waals surface area (Å²) in [6.45, 7) is 1.08. The van der Waals surface area contributed by atoms with Crippen LogP contribution in [-0.2, 0) is 31.7 Å². The van der Waals surface area contributed by atoms with Gasteiger partial charge in [0.15, 0.2) is 16.7 Å². The number of amides is 2. The van der Waals surface area contributed by atoms with Crippen LogP contribution in [0.4, 0.5) is 32.8 Å². The number of nitrogens with one attached hydrogen (secondary N) is 3. The molecule has 0 saturated heterocycles. The van der Waals surface area contributed by atoms with Gasteiger partial charge in [-0.2, -0.15) is 13.2 Å². The number of carbonyl (C=O) groups is 3. The average Bonchev–Trinajstić information content (AvgIpc) is 3.42. The van der Waals surface area contributed by atoms with Crippen molar-refractivity contribution in [1.82, 2.24) is 10.3 Å². The van der Waals surface area contributed by atoms with E-state index < -0.39 is 47.9 Å². The number of aromatic nitrogens is 1. The smallest absolute Gasteiger partial charge is 0.416 e. The first-order valence-corrected chi connectivity index (χ1v) is 16.0. The number of esters is 1. The van der Waals surface area contributed by atoms with Crippen LogP contribution >= 0.6 is 11.3 Å². The Labute approximate surface area is 280 Å². The molecule has 4 aromatic rings. The van der Waals surface area contributed by atoms with Gasteiger partial charge in [-0.15, -0.1) is 0 Å². The number of aliphatic hydroxyl groups is 1. The number of hydrogen-bond acceptors (Lipinski definition) is 9. The molecule has 1 unspecified atom stereocenters. The van der Waals surface area contributed by atoms with E-state index >= 15 is 4.39 Å². The first-order valence-electron chi connectivity index (χ1n) is 15.2. The largest absolute Gasteiger partial charge is 0.462 e. The molecule has 1 aromatic heterocycles. The number of thiazole rings is 1. The fourth-order valence-electron chi connectivity index (χ4n) is 5.34. The lowest BCUT2D eigenvalue weighted by Crippen LogP contribution is -2.44. The normalized spacial score (nSPS) is 17.0. The van der Waals surface area contributed by atoms with E-state index in [1.165, 1.54) is 31.2 Å². The van der Waals surface area contributed by atoms with E-state index in [0.29, 0.717) is 30.4 Å². The zero-order valence-corrected chi connectivity index (χ0v) is 26.7. The molecule has 1 aliphatic carbocycles. The first kappa shape index (κ1) is 35.6. The molecule has 0 aliphatic heterocycles. The van der Waals surface area contributed by atoms with Crippen LogP contribution in [0.3, 0.4) is 0 Å². The Morgan fingerprint density at radius 3 is 2.47 bits per heavy atom. The number of fused-ring (bicyclic) bond motifs is 1. The highest BCUT2D eigenvalue weighted by Crippen LogP contribution is 2.36. The second-order valence-corrected chi connectivity index (χ2v) is 12.5. The fraction of sp³-hybridized carbons (Fsp3) is 0.333. The predicted molar refractivity (Wildman–Crippen MR) is 170 cm³/mol. The van der Waals surface area contributed by atoms with Crippen LogP contribution in [0.15, 0.2) is 54.6 Å². The van der Waals surface area contributed by atoms with Gasteiger partial charge in [-0.1, -0.05) is 29.5 Å². The van der Waals surface area contributed by atoms with Gasteiger partial charge >= 0.3 is 12.1 Å². The lowest BCUT2D eigenvalue weighted by Gasteiger charge is -2.29. The standard InChI is InChI=1S/C33H31F5N4O6S/c1-17(43)47-16-30(45)39-21-7-5-19(6-8-21)31(46)42-32-41-26-14-24(35)27(15-28(26)49-32)48-22-9-10-23(34)25(13-22)40-29(44)12-18-3-2-4-20(11-18)33(36,37)38/h2-4,9-11,13-15,19,21,30,39,45H,5-8,12,16H2,1H3,(H,40,44)(H,41,42,46). The molecular weight excluding hydrogens is 675 g/mol. The number of ether oxygens (including phenoxy) is 2. The van der Waals surface area contributed by atoms with Gasteiger partial charge in [0, 0.05) is 37.1 Å². The van der Waals surface area contributed by atoms with Crippen LogP contribution in [0.25, 0.3) is 10.2 Å². The van der Waals surface area contributed by atoms with Gasteiger partial charge in [0.2, 0.25) is 11.8 Å². The second-order valence-electron chi connectivity index (χ2n) is 11.5. The van der Waals surface area contributed by atoms with Crippen molar-refractivity contribution >= 4 is 50.2 Å². The number of alkyl halides is 3. The summed E-state index contributed by atoms with van der Waals surface area (Å²) >= 11 is 1.09. The Balaban J connectivity index is 1.18. The monoisotopic (exact) mass is 706 g/mol. The number of benzene rings is 3. The van der Waals surface area contributed by atoms with E-state index in [1.807, 2.05) is 0 Å². The van der Waals surface area contributed by atoms with Crippen molar-refractivity contribution in [3.8, 4) is 11.5 Å². The molecule has 2 amide bonds. The maximum Gasteiger partial charge on any atom is 0.416 e.